The maximum atomic E-state index is 3.77. The maximum absolute atomic E-state index is 3.77. The SMILES string of the molecule is CCN1CCC(CNCC2CC3CCC2C3)C1. The van der Waals surface area contributed by atoms with Crippen LogP contribution in [0.2, 0.25) is 0 Å². The molecule has 0 radical (unpaired) electrons. The lowest BCUT2D eigenvalue weighted by atomic mass is 9.89. The highest BCUT2D eigenvalue weighted by Crippen LogP contribution is 2.47. The summed E-state index contributed by atoms with van der Waals surface area (Å²) in [6.45, 7) is 8.76. The molecule has 2 bridgehead atoms. The van der Waals surface area contributed by atoms with Crippen LogP contribution in [0.5, 0.6) is 0 Å². The lowest BCUT2D eigenvalue weighted by Gasteiger charge is -2.23. The van der Waals surface area contributed by atoms with Crippen LogP contribution in [0.4, 0.5) is 0 Å². The van der Waals surface area contributed by atoms with E-state index in [0.717, 1.165) is 23.7 Å². The average molecular weight is 236 g/mol. The van der Waals surface area contributed by atoms with Crippen molar-refractivity contribution in [3.63, 3.8) is 0 Å². The third kappa shape index (κ3) is 2.68. The van der Waals surface area contributed by atoms with Gasteiger partial charge < -0.3 is 10.2 Å². The smallest absolute Gasteiger partial charge is 0.00222 e. The van der Waals surface area contributed by atoms with Gasteiger partial charge in [0, 0.05) is 6.54 Å². The van der Waals surface area contributed by atoms with Crippen molar-refractivity contribution in [1.82, 2.24) is 10.2 Å². The second kappa shape index (κ2) is 5.27. The van der Waals surface area contributed by atoms with Gasteiger partial charge in [0.05, 0.1) is 0 Å². The number of fused-ring (bicyclic) bond motifs is 2. The first-order valence-corrected chi connectivity index (χ1v) is 7.78. The predicted octanol–water partition coefficient (Wildman–Crippen LogP) is 2.35. The molecule has 98 valence electrons. The minimum atomic E-state index is 0.925. The molecule has 0 aromatic carbocycles. The van der Waals surface area contributed by atoms with Crippen LogP contribution in [0.25, 0.3) is 0 Å². The fourth-order valence-corrected chi connectivity index (χ4v) is 4.47. The van der Waals surface area contributed by atoms with Crippen molar-refractivity contribution < 1.29 is 0 Å². The Morgan fingerprint density at radius 1 is 1.12 bits per heavy atom. The van der Waals surface area contributed by atoms with Crippen molar-refractivity contribution >= 4 is 0 Å². The maximum Gasteiger partial charge on any atom is 0.00222 e. The summed E-state index contributed by atoms with van der Waals surface area (Å²) in [5.74, 6) is 4.14. The highest BCUT2D eigenvalue weighted by molar-refractivity contribution is 4.91. The Kier molecular flexibility index (Phi) is 3.72. The van der Waals surface area contributed by atoms with E-state index in [1.54, 1.807) is 6.42 Å². The molecule has 3 rings (SSSR count). The van der Waals surface area contributed by atoms with E-state index in [1.807, 2.05) is 0 Å². The molecule has 0 amide bonds. The fourth-order valence-electron chi connectivity index (χ4n) is 4.47. The summed E-state index contributed by atoms with van der Waals surface area (Å²) < 4.78 is 0. The second-order valence-corrected chi connectivity index (χ2v) is 6.64. The molecule has 4 unspecified atom stereocenters. The zero-order chi connectivity index (χ0) is 11.7. The van der Waals surface area contributed by atoms with Gasteiger partial charge in [0.15, 0.2) is 0 Å². The van der Waals surface area contributed by atoms with Crippen molar-refractivity contribution in [2.24, 2.45) is 23.7 Å². The summed E-state index contributed by atoms with van der Waals surface area (Å²) in [6.07, 6.45) is 7.57. The van der Waals surface area contributed by atoms with Gasteiger partial charge in [-0.1, -0.05) is 13.3 Å². The van der Waals surface area contributed by atoms with Gasteiger partial charge >= 0.3 is 0 Å². The van der Waals surface area contributed by atoms with Gasteiger partial charge in [-0.15, -0.1) is 0 Å². The monoisotopic (exact) mass is 236 g/mol. The molecule has 17 heavy (non-hydrogen) atoms. The molecule has 4 atom stereocenters. The van der Waals surface area contributed by atoms with Crippen molar-refractivity contribution in [2.45, 2.75) is 39.0 Å². The van der Waals surface area contributed by atoms with E-state index in [0.29, 0.717) is 0 Å². The van der Waals surface area contributed by atoms with Gasteiger partial charge in [0.25, 0.3) is 0 Å². The van der Waals surface area contributed by atoms with E-state index in [1.165, 1.54) is 58.4 Å². The van der Waals surface area contributed by atoms with Gasteiger partial charge in [-0.3, -0.25) is 0 Å². The van der Waals surface area contributed by atoms with Crippen molar-refractivity contribution in [2.75, 3.05) is 32.7 Å². The Labute approximate surface area is 106 Å². The number of hydrogen-bond acceptors (Lipinski definition) is 2. The molecule has 0 spiro atoms. The summed E-state index contributed by atoms with van der Waals surface area (Å²) in [7, 11) is 0. The van der Waals surface area contributed by atoms with Crippen LogP contribution in [0.15, 0.2) is 0 Å². The topological polar surface area (TPSA) is 15.3 Å². The van der Waals surface area contributed by atoms with Crippen molar-refractivity contribution in [3.8, 4) is 0 Å². The molecule has 1 N–H and O–H groups in total. The summed E-state index contributed by atoms with van der Waals surface area (Å²) >= 11 is 0. The van der Waals surface area contributed by atoms with Crippen LogP contribution in [-0.4, -0.2) is 37.6 Å². The molecule has 1 aliphatic heterocycles. The Morgan fingerprint density at radius 3 is 2.71 bits per heavy atom. The molecule has 1 saturated heterocycles. The Morgan fingerprint density at radius 2 is 2.06 bits per heavy atom. The zero-order valence-electron chi connectivity index (χ0n) is 11.3. The third-order valence-corrected chi connectivity index (χ3v) is 5.54. The molecule has 3 fully saturated rings. The molecule has 2 saturated carbocycles. The highest BCUT2D eigenvalue weighted by atomic mass is 15.1. The van der Waals surface area contributed by atoms with Gasteiger partial charge in [-0.25, -0.2) is 0 Å². The first-order valence-electron chi connectivity index (χ1n) is 7.78. The van der Waals surface area contributed by atoms with Crippen LogP contribution >= 0.6 is 0 Å². The quantitative estimate of drug-likeness (QED) is 0.788. The summed E-state index contributed by atoms with van der Waals surface area (Å²) in [5.41, 5.74) is 0. The van der Waals surface area contributed by atoms with Crippen molar-refractivity contribution in [1.29, 1.82) is 0 Å². The van der Waals surface area contributed by atoms with Crippen LogP contribution < -0.4 is 5.32 Å². The summed E-state index contributed by atoms with van der Waals surface area (Å²) in [4.78, 5) is 2.59. The number of nitrogens with one attached hydrogen (secondary N) is 1. The van der Waals surface area contributed by atoms with E-state index in [4.69, 9.17) is 0 Å². The predicted molar refractivity (Wildman–Crippen MR) is 72.0 cm³/mol. The van der Waals surface area contributed by atoms with Gasteiger partial charge in [-0.05, 0) is 75.5 Å². The molecular formula is C15H28N2. The highest BCUT2D eigenvalue weighted by Gasteiger charge is 2.38. The van der Waals surface area contributed by atoms with Gasteiger partial charge in [-0.2, -0.15) is 0 Å². The molecule has 2 heteroatoms. The summed E-state index contributed by atoms with van der Waals surface area (Å²) in [6, 6.07) is 0. The number of rotatable bonds is 5. The van der Waals surface area contributed by atoms with Gasteiger partial charge in [0.1, 0.15) is 0 Å². The lowest BCUT2D eigenvalue weighted by molar-refractivity contribution is 0.305. The normalized spacial score (nSPS) is 41.5. The number of likely N-dealkylation sites (tertiary alicyclic amines) is 1. The zero-order valence-corrected chi connectivity index (χ0v) is 11.3. The first-order chi connectivity index (χ1) is 8.35. The molecule has 0 aromatic rings. The van der Waals surface area contributed by atoms with E-state index < -0.39 is 0 Å². The van der Waals surface area contributed by atoms with E-state index in [-0.39, 0.29) is 0 Å². The molecule has 0 aromatic heterocycles. The Balaban J connectivity index is 1.33. The first kappa shape index (κ1) is 12.0. The minimum Gasteiger partial charge on any atom is -0.316 e. The van der Waals surface area contributed by atoms with Gasteiger partial charge in [0.2, 0.25) is 0 Å². The van der Waals surface area contributed by atoms with Crippen LogP contribution in [0.3, 0.4) is 0 Å². The largest absolute Gasteiger partial charge is 0.316 e. The molecule has 2 aliphatic carbocycles. The molecule has 2 nitrogen and oxygen atoms in total. The second-order valence-electron chi connectivity index (χ2n) is 6.64. The lowest BCUT2D eigenvalue weighted by Crippen LogP contribution is -2.31. The van der Waals surface area contributed by atoms with Crippen LogP contribution in [0.1, 0.15) is 39.0 Å². The average Bonchev–Trinajstić information content (AvgIpc) is 3.04. The van der Waals surface area contributed by atoms with Crippen LogP contribution in [0, 0.1) is 23.7 Å². The minimum absolute atomic E-state index is 0.925. The van der Waals surface area contributed by atoms with E-state index in [9.17, 15) is 0 Å². The molecule has 3 aliphatic rings. The molecule has 1 heterocycles. The van der Waals surface area contributed by atoms with E-state index in [2.05, 4.69) is 17.1 Å². The van der Waals surface area contributed by atoms with E-state index >= 15 is 0 Å². The summed E-state index contributed by atoms with van der Waals surface area (Å²) in [5, 5.41) is 3.77. The number of nitrogens with zero attached hydrogens (tertiary/aromatic N) is 1. The third-order valence-electron chi connectivity index (χ3n) is 5.54. The Hall–Kier alpha value is -0.0800. The van der Waals surface area contributed by atoms with Crippen LogP contribution in [-0.2, 0) is 0 Å². The van der Waals surface area contributed by atoms with Crippen molar-refractivity contribution in [3.05, 3.63) is 0 Å². The number of hydrogen-bond donors (Lipinski definition) is 1. The standard InChI is InChI=1S/C15H28N2/c1-2-17-6-5-13(11-17)9-16-10-15-8-12-3-4-14(15)7-12/h12-16H,2-11H2,1H3. The fraction of sp³-hybridized carbons (Fsp3) is 1.00. The Bertz CT molecular complexity index is 253. The molecular weight excluding hydrogens is 208 g/mol.